The molecule has 0 radical (unpaired) electrons. The first-order valence-corrected chi connectivity index (χ1v) is 10.0. The summed E-state index contributed by atoms with van der Waals surface area (Å²) < 4.78 is 11.9. The molecule has 144 valence electrons. The summed E-state index contributed by atoms with van der Waals surface area (Å²) in [5.41, 5.74) is 1.53. The van der Waals surface area contributed by atoms with Crippen LogP contribution in [0.1, 0.15) is 11.1 Å². The third-order valence-electron chi connectivity index (χ3n) is 3.96. The van der Waals surface area contributed by atoms with Gasteiger partial charge in [0.25, 0.3) is 11.1 Å². The van der Waals surface area contributed by atoms with E-state index in [2.05, 4.69) is 22.5 Å². The summed E-state index contributed by atoms with van der Waals surface area (Å²) >= 11 is 4.32. The van der Waals surface area contributed by atoms with Gasteiger partial charge < -0.3 is 9.47 Å². The van der Waals surface area contributed by atoms with E-state index in [1.165, 1.54) is 4.90 Å². The van der Waals surface area contributed by atoms with E-state index in [1.54, 1.807) is 31.4 Å². The van der Waals surface area contributed by atoms with E-state index < -0.39 is 0 Å². The molecule has 2 amide bonds. The molecule has 3 rings (SSSR count). The zero-order chi connectivity index (χ0) is 20.1. The largest absolute Gasteiger partial charge is 0.493 e. The molecular formula is C21H18BrNO4S. The molecule has 0 N–H and O–H groups in total. The van der Waals surface area contributed by atoms with Crippen molar-refractivity contribution in [3.63, 3.8) is 0 Å². The molecule has 0 aliphatic carbocycles. The van der Waals surface area contributed by atoms with E-state index in [0.717, 1.165) is 21.8 Å². The molecule has 0 unspecified atom stereocenters. The summed E-state index contributed by atoms with van der Waals surface area (Å²) in [6.07, 6.45) is 3.29. The summed E-state index contributed by atoms with van der Waals surface area (Å²) in [5, 5.41) is -0.298. The highest BCUT2D eigenvalue weighted by Crippen LogP contribution is 2.38. The fourth-order valence-corrected chi connectivity index (χ4v) is 3.98. The monoisotopic (exact) mass is 459 g/mol. The Morgan fingerprint density at radius 3 is 2.71 bits per heavy atom. The quantitative estimate of drug-likeness (QED) is 0.417. The van der Waals surface area contributed by atoms with Gasteiger partial charge in [-0.2, -0.15) is 0 Å². The van der Waals surface area contributed by atoms with Gasteiger partial charge in [0.1, 0.15) is 6.61 Å². The van der Waals surface area contributed by atoms with Crippen LogP contribution in [0.15, 0.2) is 64.5 Å². The first-order valence-electron chi connectivity index (χ1n) is 8.44. The van der Waals surface area contributed by atoms with E-state index >= 15 is 0 Å². The number of hydrogen-bond acceptors (Lipinski definition) is 5. The second-order valence-corrected chi connectivity index (χ2v) is 7.78. The lowest BCUT2D eigenvalue weighted by atomic mass is 10.1. The van der Waals surface area contributed by atoms with Crippen LogP contribution in [-0.4, -0.2) is 29.8 Å². The van der Waals surface area contributed by atoms with Gasteiger partial charge in [-0.1, -0.05) is 52.9 Å². The lowest BCUT2D eigenvalue weighted by Crippen LogP contribution is -2.27. The van der Waals surface area contributed by atoms with Crippen LogP contribution >= 0.6 is 27.7 Å². The number of amides is 2. The third-order valence-corrected chi connectivity index (χ3v) is 5.37. The molecule has 2 aromatic carbocycles. The SMILES string of the molecule is C=CCOc1c(/C=C2\SC(=O)N(Cc3cccc(Br)c3)C2=O)cccc1OC. The van der Waals surface area contributed by atoms with E-state index in [1.807, 2.05) is 30.3 Å². The maximum atomic E-state index is 12.8. The number of hydrogen-bond donors (Lipinski definition) is 0. The van der Waals surface area contributed by atoms with E-state index in [4.69, 9.17) is 9.47 Å². The average Bonchev–Trinajstić information content (AvgIpc) is 2.94. The number of ether oxygens (including phenoxy) is 2. The number of para-hydroxylation sites is 1. The molecule has 1 aliphatic rings. The lowest BCUT2D eigenvalue weighted by molar-refractivity contribution is -0.123. The average molecular weight is 460 g/mol. The zero-order valence-corrected chi connectivity index (χ0v) is 17.6. The molecule has 0 aromatic heterocycles. The third kappa shape index (κ3) is 4.48. The van der Waals surface area contributed by atoms with Crippen molar-refractivity contribution in [2.75, 3.05) is 13.7 Å². The normalized spacial score (nSPS) is 15.2. The number of benzene rings is 2. The summed E-state index contributed by atoms with van der Waals surface area (Å²) in [7, 11) is 1.55. The molecule has 1 saturated heterocycles. The van der Waals surface area contributed by atoms with Crippen LogP contribution in [-0.2, 0) is 11.3 Å². The maximum absolute atomic E-state index is 12.8. The van der Waals surface area contributed by atoms with E-state index in [0.29, 0.717) is 28.6 Å². The van der Waals surface area contributed by atoms with Crippen molar-refractivity contribution in [3.8, 4) is 11.5 Å². The number of thioether (sulfide) groups is 1. The minimum absolute atomic E-state index is 0.222. The van der Waals surface area contributed by atoms with E-state index in [-0.39, 0.29) is 17.7 Å². The maximum Gasteiger partial charge on any atom is 0.293 e. The van der Waals surface area contributed by atoms with Gasteiger partial charge in [0.2, 0.25) is 0 Å². The van der Waals surface area contributed by atoms with Crippen molar-refractivity contribution in [3.05, 3.63) is 75.6 Å². The number of nitrogens with zero attached hydrogens (tertiary/aromatic N) is 1. The molecule has 0 bridgehead atoms. The summed E-state index contributed by atoms with van der Waals surface area (Å²) in [4.78, 5) is 26.8. The van der Waals surface area contributed by atoms with Crippen LogP contribution in [0, 0.1) is 0 Å². The van der Waals surface area contributed by atoms with Crippen LogP contribution in [0.25, 0.3) is 6.08 Å². The number of halogens is 1. The molecule has 0 saturated carbocycles. The second kappa shape index (κ2) is 9.12. The fourth-order valence-electron chi connectivity index (χ4n) is 2.70. The predicted molar refractivity (Wildman–Crippen MR) is 114 cm³/mol. The summed E-state index contributed by atoms with van der Waals surface area (Å²) in [5.74, 6) is 0.722. The van der Waals surface area contributed by atoms with Gasteiger partial charge in [-0.3, -0.25) is 14.5 Å². The van der Waals surface area contributed by atoms with Crippen LogP contribution in [0.2, 0.25) is 0 Å². The molecular weight excluding hydrogens is 442 g/mol. The molecule has 0 atom stereocenters. The molecule has 5 nitrogen and oxygen atoms in total. The Morgan fingerprint density at radius 1 is 1.21 bits per heavy atom. The first-order chi connectivity index (χ1) is 13.5. The smallest absolute Gasteiger partial charge is 0.293 e. The van der Waals surface area contributed by atoms with Gasteiger partial charge in [-0.25, -0.2) is 0 Å². The predicted octanol–water partition coefficient (Wildman–Crippen LogP) is 5.26. The van der Waals surface area contributed by atoms with Crippen molar-refractivity contribution in [2.24, 2.45) is 0 Å². The summed E-state index contributed by atoms with van der Waals surface area (Å²) in [6, 6.07) is 12.9. The molecule has 2 aromatic rings. The number of methoxy groups -OCH3 is 1. The Bertz CT molecular complexity index is 957. The minimum Gasteiger partial charge on any atom is -0.493 e. The topological polar surface area (TPSA) is 55.8 Å². The lowest BCUT2D eigenvalue weighted by Gasteiger charge is -2.13. The van der Waals surface area contributed by atoms with Gasteiger partial charge >= 0.3 is 0 Å². The first kappa shape index (κ1) is 20.2. The second-order valence-electron chi connectivity index (χ2n) is 5.88. The van der Waals surface area contributed by atoms with Crippen molar-refractivity contribution >= 4 is 44.9 Å². The van der Waals surface area contributed by atoms with Gasteiger partial charge in [-0.15, -0.1) is 0 Å². The molecule has 28 heavy (non-hydrogen) atoms. The van der Waals surface area contributed by atoms with Crippen molar-refractivity contribution in [2.45, 2.75) is 6.54 Å². The Morgan fingerprint density at radius 2 is 2.00 bits per heavy atom. The zero-order valence-electron chi connectivity index (χ0n) is 15.2. The van der Waals surface area contributed by atoms with Crippen LogP contribution < -0.4 is 9.47 Å². The number of carbonyl (C=O) groups excluding carboxylic acids is 2. The van der Waals surface area contributed by atoms with Crippen molar-refractivity contribution in [1.29, 1.82) is 0 Å². The van der Waals surface area contributed by atoms with Gasteiger partial charge in [0, 0.05) is 10.0 Å². The standard InChI is InChI=1S/C21H18BrNO4S/c1-3-10-27-19-15(7-5-9-17(19)26-2)12-18-20(24)23(21(25)28-18)13-14-6-4-8-16(22)11-14/h3-9,11-12H,1,10,13H2,2H3/b18-12-. The van der Waals surface area contributed by atoms with Gasteiger partial charge in [-0.05, 0) is 41.6 Å². The Labute approximate surface area is 176 Å². The van der Waals surface area contributed by atoms with Crippen LogP contribution in [0.5, 0.6) is 11.5 Å². The Balaban J connectivity index is 1.88. The molecule has 0 spiro atoms. The number of carbonyl (C=O) groups is 2. The van der Waals surface area contributed by atoms with Crippen molar-refractivity contribution < 1.29 is 19.1 Å². The highest BCUT2D eigenvalue weighted by atomic mass is 79.9. The molecule has 7 heteroatoms. The van der Waals surface area contributed by atoms with Crippen LogP contribution in [0.4, 0.5) is 4.79 Å². The molecule has 1 fully saturated rings. The van der Waals surface area contributed by atoms with Gasteiger partial charge in [0.05, 0.1) is 18.6 Å². The highest BCUT2D eigenvalue weighted by molar-refractivity contribution is 9.10. The van der Waals surface area contributed by atoms with Crippen molar-refractivity contribution in [1.82, 2.24) is 4.90 Å². The Kier molecular flexibility index (Phi) is 6.59. The van der Waals surface area contributed by atoms with Gasteiger partial charge in [0.15, 0.2) is 11.5 Å². The number of imide groups is 1. The molecule has 1 aliphatic heterocycles. The summed E-state index contributed by atoms with van der Waals surface area (Å²) in [6.45, 7) is 4.17. The van der Waals surface area contributed by atoms with E-state index in [9.17, 15) is 9.59 Å². The molecule has 1 heterocycles. The van der Waals surface area contributed by atoms with Crippen LogP contribution in [0.3, 0.4) is 0 Å². The fraction of sp³-hybridized carbons (Fsp3) is 0.143. The Hall–Kier alpha value is -2.51. The minimum atomic E-state index is -0.326. The number of rotatable bonds is 7. The highest BCUT2D eigenvalue weighted by Gasteiger charge is 2.35.